The molecule has 2 nitrogen and oxygen atoms in total. The van der Waals surface area contributed by atoms with Gasteiger partial charge in [-0.15, -0.1) is 0 Å². The summed E-state index contributed by atoms with van der Waals surface area (Å²) in [5, 5.41) is 8.68. The maximum atomic E-state index is 8.68. The first-order chi connectivity index (χ1) is 5.20. The van der Waals surface area contributed by atoms with Crippen molar-refractivity contribution in [2.24, 2.45) is 11.7 Å². The van der Waals surface area contributed by atoms with Crippen molar-refractivity contribution in [2.75, 3.05) is 6.61 Å². The van der Waals surface area contributed by atoms with Gasteiger partial charge >= 0.3 is 0 Å². The standard InChI is InChI=1S/C9H21NO/c1-3-4-5-8(2)6-9(10)7-11/h8-9,11H,3-7,10H2,1-2H3. The fourth-order valence-corrected chi connectivity index (χ4v) is 1.26. The molecule has 0 aromatic carbocycles. The van der Waals surface area contributed by atoms with Gasteiger partial charge in [-0.05, 0) is 12.3 Å². The van der Waals surface area contributed by atoms with Crippen molar-refractivity contribution in [2.45, 2.75) is 45.6 Å². The van der Waals surface area contributed by atoms with Crippen LogP contribution in [0.15, 0.2) is 0 Å². The summed E-state index contributed by atoms with van der Waals surface area (Å²) in [6.45, 7) is 4.51. The highest BCUT2D eigenvalue weighted by atomic mass is 16.3. The monoisotopic (exact) mass is 159 g/mol. The Morgan fingerprint density at radius 3 is 2.55 bits per heavy atom. The molecule has 0 aliphatic heterocycles. The molecule has 11 heavy (non-hydrogen) atoms. The second-order valence-corrected chi connectivity index (χ2v) is 3.43. The van der Waals surface area contributed by atoms with Crippen molar-refractivity contribution < 1.29 is 5.11 Å². The Morgan fingerprint density at radius 1 is 1.45 bits per heavy atom. The van der Waals surface area contributed by atoms with Crippen molar-refractivity contribution in [3.05, 3.63) is 0 Å². The van der Waals surface area contributed by atoms with Crippen LogP contribution in [0.4, 0.5) is 0 Å². The van der Waals surface area contributed by atoms with Gasteiger partial charge < -0.3 is 10.8 Å². The summed E-state index contributed by atoms with van der Waals surface area (Å²) in [4.78, 5) is 0. The molecule has 0 saturated carbocycles. The van der Waals surface area contributed by atoms with Gasteiger partial charge in [0.05, 0.1) is 6.61 Å². The summed E-state index contributed by atoms with van der Waals surface area (Å²) in [7, 11) is 0. The number of nitrogens with two attached hydrogens (primary N) is 1. The maximum absolute atomic E-state index is 8.68. The van der Waals surface area contributed by atoms with E-state index in [4.69, 9.17) is 10.8 Å². The predicted molar refractivity (Wildman–Crippen MR) is 48.4 cm³/mol. The summed E-state index contributed by atoms with van der Waals surface area (Å²) in [5.41, 5.74) is 5.60. The van der Waals surface area contributed by atoms with Gasteiger partial charge in [-0.25, -0.2) is 0 Å². The van der Waals surface area contributed by atoms with E-state index in [9.17, 15) is 0 Å². The molecule has 0 aromatic heterocycles. The SMILES string of the molecule is CCCCC(C)CC(N)CO. The third kappa shape index (κ3) is 6.32. The van der Waals surface area contributed by atoms with Crippen molar-refractivity contribution in [3.63, 3.8) is 0 Å². The van der Waals surface area contributed by atoms with Crippen LogP contribution >= 0.6 is 0 Å². The topological polar surface area (TPSA) is 46.2 Å². The second-order valence-electron chi connectivity index (χ2n) is 3.43. The molecular weight excluding hydrogens is 138 g/mol. The molecule has 0 heterocycles. The van der Waals surface area contributed by atoms with Gasteiger partial charge in [0, 0.05) is 6.04 Å². The van der Waals surface area contributed by atoms with Gasteiger partial charge in [0.2, 0.25) is 0 Å². The fourth-order valence-electron chi connectivity index (χ4n) is 1.26. The molecule has 0 aliphatic carbocycles. The Hall–Kier alpha value is -0.0800. The highest BCUT2D eigenvalue weighted by molar-refractivity contribution is 4.63. The molecule has 0 aromatic rings. The summed E-state index contributed by atoms with van der Waals surface area (Å²) >= 11 is 0. The minimum atomic E-state index is -0.0122. The first kappa shape index (κ1) is 10.9. The van der Waals surface area contributed by atoms with Gasteiger partial charge in [0.1, 0.15) is 0 Å². The molecule has 2 unspecified atom stereocenters. The van der Waals surface area contributed by atoms with Crippen LogP contribution in [-0.2, 0) is 0 Å². The minimum Gasteiger partial charge on any atom is -0.395 e. The van der Waals surface area contributed by atoms with Crippen LogP contribution in [0.1, 0.15) is 39.5 Å². The molecular formula is C9H21NO. The molecule has 0 aliphatic rings. The van der Waals surface area contributed by atoms with Crippen molar-refractivity contribution in [1.82, 2.24) is 0 Å². The number of aliphatic hydroxyl groups is 1. The van der Waals surface area contributed by atoms with Crippen LogP contribution < -0.4 is 5.73 Å². The van der Waals surface area contributed by atoms with E-state index in [-0.39, 0.29) is 12.6 Å². The molecule has 0 spiro atoms. The molecule has 68 valence electrons. The molecule has 0 fully saturated rings. The number of aliphatic hydroxyl groups excluding tert-OH is 1. The third-order valence-corrected chi connectivity index (χ3v) is 1.99. The number of hydrogen-bond acceptors (Lipinski definition) is 2. The van der Waals surface area contributed by atoms with Crippen LogP contribution in [0.3, 0.4) is 0 Å². The van der Waals surface area contributed by atoms with E-state index < -0.39 is 0 Å². The molecule has 3 N–H and O–H groups in total. The molecule has 2 heteroatoms. The van der Waals surface area contributed by atoms with Crippen LogP contribution in [0, 0.1) is 5.92 Å². The summed E-state index contributed by atoms with van der Waals surface area (Å²) < 4.78 is 0. The first-order valence-electron chi connectivity index (χ1n) is 4.57. The largest absolute Gasteiger partial charge is 0.395 e. The highest BCUT2D eigenvalue weighted by Crippen LogP contribution is 2.12. The Balaban J connectivity index is 3.27. The van der Waals surface area contributed by atoms with Crippen molar-refractivity contribution in [3.8, 4) is 0 Å². The number of rotatable bonds is 6. The van der Waals surface area contributed by atoms with E-state index in [2.05, 4.69) is 13.8 Å². The minimum absolute atomic E-state index is 0.0122. The quantitative estimate of drug-likeness (QED) is 0.617. The van der Waals surface area contributed by atoms with Crippen LogP contribution in [0.5, 0.6) is 0 Å². The zero-order valence-electron chi connectivity index (χ0n) is 7.71. The van der Waals surface area contributed by atoms with Crippen LogP contribution in [0.2, 0.25) is 0 Å². The zero-order chi connectivity index (χ0) is 8.69. The lowest BCUT2D eigenvalue weighted by molar-refractivity contribution is 0.244. The average Bonchev–Trinajstić information content (AvgIpc) is 2.00. The zero-order valence-corrected chi connectivity index (χ0v) is 7.71. The van der Waals surface area contributed by atoms with Crippen LogP contribution in [0.25, 0.3) is 0 Å². The van der Waals surface area contributed by atoms with Gasteiger partial charge in [-0.1, -0.05) is 33.1 Å². The Morgan fingerprint density at radius 2 is 2.09 bits per heavy atom. The van der Waals surface area contributed by atoms with E-state index in [1.165, 1.54) is 19.3 Å². The van der Waals surface area contributed by atoms with E-state index in [1.807, 2.05) is 0 Å². The lowest BCUT2D eigenvalue weighted by atomic mass is 9.97. The molecule has 0 radical (unpaired) electrons. The summed E-state index contributed by atoms with van der Waals surface area (Å²) in [6, 6.07) is -0.0122. The summed E-state index contributed by atoms with van der Waals surface area (Å²) in [6.07, 6.45) is 4.72. The molecule has 0 bridgehead atoms. The van der Waals surface area contributed by atoms with E-state index in [0.717, 1.165) is 6.42 Å². The number of unbranched alkanes of at least 4 members (excludes halogenated alkanes) is 1. The van der Waals surface area contributed by atoms with Gasteiger partial charge in [0.25, 0.3) is 0 Å². The molecule has 0 saturated heterocycles. The maximum Gasteiger partial charge on any atom is 0.0582 e. The Kier molecular flexibility index (Phi) is 6.57. The van der Waals surface area contributed by atoms with Gasteiger partial charge in [-0.3, -0.25) is 0 Å². The molecule has 2 atom stereocenters. The van der Waals surface area contributed by atoms with Crippen molar-refractivity contribution in [1.29, 1.82) is 0 Å². The smallest absolute Gasteiger partial charge is 0.0582 e. The van der Waals surface area contributed by atoms with E-state index >= 15 is 0 Å². The third-order valence-electron chi connectivity index (χ3n) is 1.99. The van der Waals surface area contributed by atoms with Crippen LogP contribution in [-0.4, -0.2) is 17.8 Å². The van der Waals surface area contributed by atoms with Gasteiger partial charge in [-0.2, -0.15) is 0 Å². The Labute approximate surface area is 69.8 Å². The first-order valence-corrected chi connectivity index (χ1v) is 4.57. The molecule has 0 amide bonds. The lowest BCUT2D eigenvalue weighted by Gasteiger charge is -2.14. The normalized spacial score (nSPS) is 16.4. The fraction of sp³-hybridized carbons (Fsp3) is 1.00. The van der Waals surface area contributed by atoms with E-state index in [1.54, 1.807) is 0 Å². The predicted octanol–water partition coefficient (Wildman–Crippen LogP) is 1.52. The van der Waals surface area contributed by atoms with E-state index in [0.29, 0.717) is 5.92 Å². The second kappa shape index (κ2) is 6.62. The van der Waals surface area contributed by atoms with Crippen molar-refractivity contribution >= 4 is 0 Å². The number of hydrogen-bond donors (Lipinski definition) is 2. The summed E-state index contributed by atoms with van der Waals surface area (Å²) in [5.74, 6) is 0.664. The molecule has 0 rings (SSSR count). The lowest BCUT2D eigenvalue weighted by Crippen LogP contribution is -2.26. The Bertz CT molecular complexity index is 85.6. The average molecular weight is 159 g/mol. The van der Waals surface area contributed by atoms with Gasteiger partial charge in [0.15, 0.2) is 0 Å². The highest BCUT2D eigenvalue weighted by Gasteiger charge is 2.06.